The number of benzene rings is 1. The molecule has 3 N–H and O–H groups in total. The fourth-order valence-electron chi connectivity index (χ4n) is 1.40. The topological polar surface area (TPSA) is 72.5 Å². The molecule has 1 aromatic carbocycles. The number of carboxylic acid groups (broad SMARTS) is 1. The summed E-state index contributed by atoms with van der Waals surface area (Å²) in [5, 5.41) is 8.93. The summed E-state index contributed by atoms with van der Waals surface area (Å²) in [4.78, 5) is 10.9. The van der Waals surface area contributed by atoms with Crippen molar-refractivity contribution < 1.29 is 14.6 Å². The molecule has 4 nitrogen and oxygen atoms in total. The second kappa shape index (κ2) is 6.12. The summed E-state index contributed by atoms with van der Waals surface area (Å²) in [6.07, 6.45) is 0.947. The van der Waals surface area contributed by atoms with Crippen LogP contribution in [-0.2, 0) is 4.79 Å². The predicted molar refractivity (Wildman–Crippen MR) is 61.7 cm³/mol. The second-order valence-electron chi connectivity index (χ2n) is 3.54. The SMILES string of the molecule is CCCOc1ccc([C@@H](CN)C(=O)O)cc1. The van der Waals surface area contributed by atoms with E-state index < -0.39 is 11.9 Å². The summed E-state index contributed by atoms with van der Waals surface area (Å²) in [6, 6.07) is 7.04. The van der Waals surface area contributed by atoms with E-state index in [0.29, 0.717) is 12.2 Å². The van der Waals surface area contributed by atoms with Gasteiger partial charge in [0.2, 0.25) is 0 Å². The molecule has 0 aliphatic carbocycles. The van der Waals surface area contributed by atoms with Crippen LogP contribution in [0, 0.1) is 0 Å². The number of hydrogen-bond donors (Lipinski definition) is 2. The molecule has 0 aliphatic heterocycles. The summed E-state index contributed by atoms with van der Waals surface area (Å²) >= 11 is 0. The smallest absolute Gasteiger partial charge is 0.312 e. The Kier molecular flexibility index (Phi) is 4.79. The van der Waals surface area contributed by atoms with Crippen LogP contribution in [0.2, 0.25) is 0 Å². The number of carbonyl (C=O) groups is 1. The molecular formula is C12H17NO3. The van der Waals surface area contributed by atoms with E-state index in [9.17, 15) is 4.79 Å². The standard InChI is InChI=1S/C12H17NO3/c1-2-7-16-10-5-3-9(4-6-10)11(8-13)12(14)15/h3-6,11H,2,7-8,13H2,1H3,(H,14,15)/t11-/m1/s1. The molecule has 88 valence electrons. The largest absolute Gasteiger partial charge is 0.494 e. The summed E-state index contributed by atoms with van der Waals surface area (Å²) in [6.45, 7) is 2.80. The molecule has 1 atom stereocenters. The average molecular weight is 223 g/mol. The van der Waals surface area contributed by atoms with Crippen molar-refractivity contribution in [3.05, 3.63) is 29.8 Å². The lowest BCUT2D eigenvalue weighted by Crippen LogP contribution is -2.20. The highest BCUT2D eigenvalue weighted by Crippen LogP contribution is 2.19. The van der Waals surface area contributed by atoms with Crippen LogP contribution in [0.15, 0.2) is 24.3 Å². The van der Waals surface area contributed by atoms with E-state index in [1.165, 1.54) is 0 Å². The van der Waals surface area contributed by atoms with Gasteiger partial charge < -0.3 is 15.6 Å². The first-order chi connectivity index (χ1) is 7.69. The van der Waals surface area contributed by atoms with Crippen LogP contribution >= 0.6 is 0 Å². The van der Waals surface area contributed by atoms with Crippen molar-refractivity contribution in [3.8, 4) is 5.75 Å². The summed E-state index contributed by atoms with van der Waals surface area (Å²) in [5.74, 6) is -0.781. The maximum Gasteiger partial charge on any atom is 0.312 e. The van der Waals surface area contributed by atoms with E-state index in [1.807, 2.05) is 6.92 Å². The lowest BCUT2D eigenvalue weighted by atomic mass is 9.99. The number of rotatable bonds is 6. The highest BCUT2D eigenvalue weighted by Gasteiger charge is 2.17. The average Bonchev–Trinajstić information content (AvgIpc) is 2.28. The second-order valence-corrected chi connectivity index (χ2v) is 3.54. The third-order valence-corrected chi connectivity index (χ3v) is 2.29. The van der Waals surface area contributed by atoms with Gasteiger partial charge in [-0.25, -0.2) is 0 Å². The Balaban J connectivity index is 2.73. The van der Waals surface area contributed by atoms with Crippen LogP contribution in [0.25, 0.3) is 0 Å². The molecule has 0 saturated heterocycles. The van der Waals surface area contributed by atoms with Gasteiger partial charge in [-0.15, -0.1) is 0 Å². The quantitative estimate of drug-likeness (QED) is 0.768. The van der Waals surface area contributed by atoms with E-state index in [2.05, 4.69) is 0 Å². The van der Waals surface area contributed by atoms with Crippen LogP contribution < -0.4 is 10.5 Å². The minimum Gasteiger partial charge on any atom is -0.494 e. The minimum absolute atomic E-state index is 0.102. The molecule has 0 aliphatic rings. The van der Waals surface area contributed by atoms with E-state index in [0.717, 1.165) is 12.2 Å². The van der Waals surface area contributed by atoms with Crippen LogP contribution in [0.5, 0.6) is 5.75 Å². The van der Waals surface area contributed by atoms with Crippen molar-refractivity contribution in [1.29, 1.82) is 0 Å². The number of aliphatic carboxylic acids is 1. The summed E-state index contributed by atoms with van der Waals surface area (Å²) < 4.78 is 5.41. The number of ether oxygens (including phenoxy) is 1. The normalized spacial score (nSPS) is 12.1. The van der Waals surface area contributed by atoms with Gasteiger partial charge in [0.15, 0.2) is 0 Å². The van der Waals surface area contributed by atoms with E-state index in [-0.39, 0.29) is 6.54 Å². The van der Waals surface area contributed by atoms with Crippen LogP contribution in [-0.4, -0.2) is 24.2 Å². The fraction of sp³-hybridized carbons (Fsp3) is 0.417. The van der Waals surface area contributed by atoms with Crippen molar-refractivity contribution >= 4 is 5.97 Å². The molecule has 0 bridgehead atoms. The van der Waals surface area contributed by atoms with Crippen molar-refractivity contribution in [2.75, 3.05) is 13.2 Å². The number of nitrogens with two attached hydrogens (primary N) is 1. The highest BCUT2D eigenvalue weighted by molar-refractivity contribution is 5.76. The van der Waals surface area contributed by atoms with E-state index >= 15 is 0 Å². The molecule has 0 heterocycles. The maximum atomic E-state index is 10.9. The van der Waals surface area contributed by atoms with E-state index in [4.69, 9.17) is 15.6 Å². The third-order valence-electron chi connectivity index (χ3n) is 2.29. The van der Waals surface area contributed by atoms with Crippen LogP contribution in [0.4, 0.5) is 0 Å². The zero-order valence-corrected chi connectivity index (χ0v) is 9.35. The summed E-state index contributed by atoms with van der Waals surface area (Å²) in [7, 11) is 0. The van der Waals surface area contributed by atoms with Crippen molar-refractivity contribution in [1.82, 2.24) is 0 Å². The molecule has 0 radical (unpaired) electrons. The first-order valence-corrected chi connectivity index (χ1v) is 5.34. The Bertz CT molecular complexity index is 335. The number of hydrogen-bond acceptors (Lipinski definition) is 3. The molecule has 0 fully saturated rings. The molecule has 0 saturated carbocycles. The van der Waals surface area contributed by atoms with E-state index in [1.54, 1.807) is 24.3 Å². The predicted octanol–water partition coefficient (Wildman–Crippen LogP) is 1.60. The van der Waals surface area contributed by atoms with Crippen molar-refractivity contribution in [2.24, 2.45) is 5.73 Å². The Morgan fingerprint density at radius 2 is 2.06 bits per heavy atom. The van der Waals surface area contributed by atoms with Crippen LogP contribution in [0.1, 0.15) is 24.8 Å². The van der Waals surface area contributed by atoms with Crippen LogP contribution in [0.3, 0.4) is 0 Å². The lowest BCUT2D eigenvalue weighted by Gasteiger charge is -2.11. The molecule has 1 rings (SSSR count). The van der Waals surface area contributed by atoms with Gasteiger partial charge in [0.1, 0.15) is 5.75 Å². The van der Waals surface area contributed by atoms with Gasteiger partial charge in [-0.05, 0) is 24.1 Å². The highest BCUT2D eigenvalue weighted by atomic mass is 16.5. The fourth-order valence-corrected chi connectivity index (χ4v) is 1.40. The third kappa shape index (κ3) is 3.24. The Morgan fingerprint density at radius 1 is 1.44 bits per heavy atom. The molecule has 0 unspecified atom stereocenters. The summed E-state index contributed by atoms with van der Waals surface area (Å²) in [5.41, 5.74) is 6.12. The molecule has 0 aromatic heterocycles. The Hall–Kier alpha value is -1.55. The Morgan fingerprint density at radius 3 is 2.50 bits per heavy atom. The lowest BCUT2D eigenvalue weighted by molar-refractivity contribution is -0.138. The van der Waals surface area contributed by atoms with Gasteiger partial charge in [-0.3, -0.25) is 4.79 Å². The zero-order valence-electron chi connectivity index (χ0n) is 9.35. The van der Waals surface area contributed by atoms with Gasteiger partial charge in [-0.2, -0.15) is 0 Å². The van der Waals surface area contributed by atoms with Crippen molar-refractivity contribution in [3.63, 3.8) is 0 Å². The van der Waals surface area contributed by atoms with Gasteiger partial charge in [0.25, 0.3) is 0 Å². The minimum atomic E-state index is -0.898. The first-order valence-electron chi connectivity index (χ1n) is 5.34. The maximum absolute atomic E-state index is 10.9. The zero-order chi connectivity index (χ0) is 12.0. The van der Waals surface area contributed by atoms with Crippen molar-refractivity contribution in [2.45, 2.75) is 19.3 Å². The molecule has 0 amide bonds. The Labute approximate surface area is 95.0 Å². The number of carboxylic acids is 1. The molecule has 16 heavy (non-hydrogen) atoms. The monoisotopic (exact) mass is 223 g/mol. The molecular weight excluding hydrogens is 206 g/mol. The van der Waals surface area contributed by atoms with Gasteiger partial charge >= 0.3 is 5.97 Å². The van der Waals surface area contributed by atoms with Gasteiger partial charge in [0, 0.05) is 6.54 Å². The first kappa shape index (κ1) is 12.5. The molecule has 4 heteroatoms. The molecule has 1 aromatic rings. The van der Waals surface area contributed by atoms with Gasteiger partial charge in [-0.1, -0.05) is 19.1 Å². The molecule has 0 spiro atoms. The van der Waals surface area contributed by atoms with Gasteiger partial charge in [0.05, 0.1) is 12.5 Å².